The van der Waals surface area contributed by atoms with E-state index in [0.29, 0.717) is 31.9 Å². The Morgan fingerprint density at radius 1 is 1.00 bits per heavy atom. The van der Waals surface area contributed by atoms with Crippen molar-refractivity contribution in [3.63, 3.8) is 0 Å². The van der Waals surface area contributed by atoms with Crippen LogP contribution in [0.25, 0.3) is 0 Å². The maximum absolute atomic E-state index is 12.5. The molecule has 0 spiro atoms. The Morgan fingerprint density at radius 2 is 1.67 bits per heavy atom. The molecule has 0 radical (unpaired) electrons. The van der Waals surface area contributed by atoms with Crippen molar-refractivity contribution in [3.05, 3.63) is 48.0 Å². The minimum absolute atomic E-state index is 0.100. The number of amides is 1. The summed E-state index contributed by atoms with van der Waals surface area (Å²) < 4.78 is 16.4. The summed E-state index contributed by atoms with van der Waals surface area (Å²) in [6.07, 6.45) is 0.336. The Morgan fingerprint density at radius 3 is 2.30 bits per heavy atom. The number of methoxy groups -OCH3 is 2. The summed E-state index contributed by atoms with van der Waals surface area (Å²) in [5.74, 6) is 2.52. The summed E-state index contributed by atoms with van der Waals surface area (Å²) in [5.41, 5.74) is 1.11. The van der Waals surface area contributed by atoms with Crippen molar-refractivity contribution in [2.75, 3.05) is 47.0 Å². The summed E-state index contributed by atoms with van der Waals surface area (Å²) in [6, 6.07) is 12.6. The third kappa shape index (κ3) is 5.36. The van der Waals surface area contributed by atoms with Crippen LogP contribution in [0.2, 0.25) is 0 Å². The predicted molar refractivity (Wildman–Crippen MR) is 114 cm³/mol. The van der Waals surface area contributed by atoms with Gasteiger partial charge in [0.05, 0.1) is 27.2 Å². The molecule has 2 aromatic rings. The van der Waals surface area contributed by atoms with Crippen molar-refractivity contribution in [2.45, 2.75) is 19.4 Å². The van der Waals surface area contributed by atoms with Gasteiger partial charge in [-0.25, -0.2) is 0 Å². The largest absolute Gasteiger partial charge is 0.508 e. The maximum atomic E-state index is 12.5. The molecule has 3 rings (SSSR count). The highest BCUT2D eigenvalue weighted by Crippen LogP contribution is 2.32. The molecular weight excluding hydrogens is 384 g/mol. The Kier molecular flexibility index (Phi) is 7.41. The van der Waals surface area contributed by atoms with Gasteiger partial charge in [0.25, 0.3) is 0 Å². The van der Waals surface area contributed by atoms with E-state index >= 15 is 0 Å². The van der Waals surface area contributed by atoms with Gasteiger partial charge in [0, 0.05) is 43.9 Å². The van der Waals surface area contributed by atoms with Crippen LogP contribution in [0.4, 0.5) is 0 Å². The number of aromatic hydroxyl groups is 1. The molecule has 1 fully saturated rings. The van der Waals surface area contributed by atoms with Gasteiger partial charge >= 0.3 is 0 Å². The lowest BCUT2D eigenvalue weighted by Crippen LogP contribution is -2.49. The molecule has 1 amide bonds. The van der Waals surface area contributed by atoms with Crippen LogP contribution in [0.5, 0.6) is 23.0 Å². The van der Waals surface area contributed by atoms with Crippen molar-refractivity contribution in [3.8, 4) is 23.0 Å². The van der Waals surface area contributed by atoms with Crippen molar-refractivity contribution >= 4 is 5.91 Å². The predicted octanol–water partition coefficient (Wildman–Crippen LogP) is 3.08. The molecular formula is C23H30N2O5. The van der Waals surface area contributed by atoms with Crippen molar-refractivity contribution in [2.24, 2.45) is 0 Å². The zero-order chi connectivity index (χ0) is 21.5. The van der Waals surface area contributed by atoms with Crippen LogP contribution in [-0.2, 0) is 4.79 Å². The molecule has 1 aliphatic rings. The van der Waals surface area contributed by atoms with Crippen LogP contribution in [0.3, 0.4) is 0 Å². The monoisotopic (exact) mass is 414 g/mol. The molecule has 162 valence electrons. The molecule has 1 atom stereocenters. The standard InChI is InChI=1S/C23H30N2O5/c1-17(21-9-8-20(28-2)16-22(21)29-3)24-11-13-25(14-12-24)23(27)10-15-30-19-6-4-18(26)5-7-19/h4-9,16-17,26H,10-15H2,1-3H3. The number of piperazine rings is 1. The first-order chi connectivity index (χ1) is 14.5. The van der Waals surface area contributed by atoms with Gasteiger partial charge in [-0.2, -0.15) is 0 Å². The zero-order valence-electron chi connectivity index (χ0n) is 17.8. The van der Waals surface area contributed by atoms with E-state index in [1.54, 1.807) is 38.5 Å². The van der Waals surface area contributed by atoms with Crippen molar-refractivity contribution < 1.29 is 24.1 Å². The van der Waals surface area contributed by atoms with Gasteiger partial charge in [0.1, 0.15) is 23.0 Å². The molecule has 2 aromatic carbocycles. The average Bonchev–Trinajstić information content (AvgIpc) is 2.79. The van der Waals surface area contributed by atoms with E-state index in [0.717, 1.165) is 30.2 Å². The number of carbonyl (C=O) groups excluding carboxylic acids is 1. The smallest absolute Gasteiger partial charge is 0.226 e. The molecule has 1 unspecified atom stereocenters. The molecule has 0 aromatic heterocycles. The molecule has 0 aliphatic carbocycles. The zero-order valence-corrected chi connectivity index (χ0v) is 17.8. The first-order valence-electron chi connectivity index (χ1n) is 10.2. The fourth-order valence-corrected chi connectivity index (χ4v) is 3.68. The molecule has 7 heteroatoms. The number of rotatable bonds is 8. The summed E-state index contributed by atoms with van der Waals surface area (Å²) in [4.78, 5) is 16.8. The second-order valence-electron chi connectivity index (χ2n) is 7.29. The number of benzene rings is 2. The lowest BCUT2D eigenvalue weighted by molar-refractivity contribution is -0.133. The van der Waals surface area contributed by atoms with E-state index in [1.165, 1.54) is 0 Å². The fourth-order valence-electron chi connectivity index (χ4n) is 3.68. The summed E-state index contributed by atoms with van der Waals surface area (Å²) in [7, 11) is 3.31. The highest BCUT2D eigenvalue weighted by atomic mass is 16.5. The maximum Gasteiger partial charge on any atom is 0.226 e. The van der Waals surface area contributed by atoms with Gasteiger partial charge in [-0.15, -0.1) is 0 Å². The molecule has 0 bridgehead atoms. The van der Waals surface area contributed by atoms with Crippen molar-refractivity contribution in [1.82, 2.24) is 9.80 Å². The van der Waals surface area contributed by atoms with Crippen LogP contribution >= 0.6 is 0 Å². The fraction of sp³-hybridized carbons (Fsp3) is 0.435. The number of nitrogens with zero attached hydrogens (tertiary/aromatic N) is 2. The van der Waals surface area contributed by atoms with E-state index in [1.807, 2.05) is 23.1 Å². The van der Waals surface area contributed by atoms with Gasteiger partial charge in [-0.1, -0.05) is 6.07 Å². The minimum Gasteiger partial charge on any atom is -0.508 e. The number of hydrogen-bond donors (Lipinski definition) is 1. The third-order valence-electron chi connectivity index (χ3n) is 5.53. The number of hydrogen-bond acceptors (Lipinski definition) is 6. The molecule has 1 heterocycles. The van der Waals surface area contributed by atoms with E-state index in [-0.39, 0.29) is 17.7 Å². The molecule has 7 nitrogen and oxygen atoms in total. The van der Waals surface area contributed by atoms with E-state index in [9.17, 15) is 9.90 Å². The van der Waals surface area contributed by atoms with Gasteiger partial charge in [0.15, 0.2) is 0 Å². The molecule has 1 aliphatic heterocycles. The van der Waals surface area contributed by atoms with Gasteiger partial charge < -0.3 is 24.2 Å². The summed E-state index contributed by atoms with van der Waals surface area (Å²) >= 11 is 0. The normalized spacial score (nSPS) is 15.5. The molecule has 30 heavy (non-hydrogen) atoms. The number of phenolic OH excluding ortho intramolecular Hbond substituents is 1. The molecule has 1 saturated heterocycles. The Balaban J connectivity index is 1.48. The minimum atomic E-state index is 0.100. The lowest BCUT2D eigenvalue weighted by Gasteiger charge is -2.38. The third-order valence-corrected chi connectivity index (χ3v) is 5.53. The van der Waals surface area contributed by atoms with Crippen LogP contribution < -0.4 is 14.2 Å². The average molecular weight is 415 g/mol. The van der Waals surface area contributed by atoms with Crippen LogP contribution in [0.1, 0.15) is 24.9 Å². The van der Waals surface area contributed by atoms with E-state index in [4.69, 9.17) is 14.2 Å². The second-order valence-corrected chi connectivity index (χ2v) is 7.29. The van der Waals surface area contributed by atoms with Crippen LogP contribution in [-0.4, -0.2) is 67.8 Å². The Hall–Kier alpha value is -2.93. The van der Waals surface area contributed by atoms with Crippen molar-refractivity contribution in [1.29, 1.82) is 0 Å². The number of ether oxygens (including phenoxy) is 3. The van der Waals surface area contributed by atoms with Gasteiger partial charge in [-0.3, -0.25) is 9.69 Å². The Labute approximate surface area is 177 Å². The highest BCUT2D eigenvalue weighted by Gasteiger charge is 2.26. The quantitative estimate of drug-likeness (QED) is 0.716. The molecule has 0 saturated carbocycles. The summed E-state index contributed by atoms with van der Waals surface area (Å²) in [6.45, 7) is 5.49. The highest BCUT2D eigenvalue weighted by molar-refractivity contribution is 5.76. The van der Waals surface area contributed by atoms with Gasteiger partial charge in [-0.05, 0) is 37.3 Å². The SMILES string of the molecule is COc1ccc(C(C)N2CCN(C(=O)CCOc3ccc(O)cc3)CC2)c(OC)c1. The van der Waals surface area contributed by atoms with Gasteiger partial charge in [0.2, 0.25) is 5.91 Å². The van der Waals surface area contributed by atoms with E-state index in [2.05, 4.69) is 11.8 Å². The number of carbonyl (C=O) groups is 1. The van der Waals surface area contributed by atoms with Crippen LogP contribution in [0, 0.1) is 0 Å². The lowest BCUT2D eigenvalue weighted by atomic mass is 10.0. The van der Waals surface area contributed by atoms with E-state index < -0.39 is 0 Å². The first kappa shape index (κ1) is 21.8. The number of phenols is 1. The topological polar surface area (TPSA) is 71.5 Å². The first-order valence-corrected chi connectivity index (χ1v) is 10.2. The van der Waals surface area contributed by atoms with Crippen LogP contribution in [0.15, 0.2) is 42.5 Å². The second kappa shape index (κ2) is 10.2. The molecule has 1 N–H and O–H groups in total. The Bertz CT molecular complexity index is 832. The summed E-state index contributed by atoms with van der Waals surface area (Å²) in [5, 5.41) is 9.29.